The van der Waals surface area contributed by atoms with Crippen molar-refractivity contribution in [1.29, 1.82) is 0 Å². The summed E-state index contributed by atoms with van der Waals surface area (Å²) in [6.45, 7) is -0.135. The predicted octanol–water partition coefficient (Wildman–Crippen LogP) is 2.28. The van der Waals surface area contributed by atoms with Crippen LogP contribution in [0.25, 0.3) is 6.08 Å². The summed E-state index contributed by atoms with van der Waals surface area (Å²) < 4.78 is 31.4. The highest BCUT2D eigenvalue weighted by atomic mass is 32.2. The third-order valence-electron chi connectivity index (χ3n) is 3.24. The molecule has 0 aromatic heterocycles. The number of ether oxygens (including phenoxy) is 1. The van der Waals surface area contributed by atoms with Gasteiger partial charge in [-0.2, -0.15) is 0 Å². The fourth-order valence-electron chi connectivity index (χ4n) is 2.02. The quantitative estimate of drug-likeness (QED) is 0.715. The Morgan fingerprint density at radius 1 is 1.08 bits per heavy atom. The van der Waals surface area contributed by atoms with Gasteiger partial charge in [-0.05, 0) is 35.8 Å². The highest BCUT2D eigenvalue weighted by molar-refractivity contribution is 7.92. The molecule has 0 heterocycles. The third kappa shape index (κ3) is 7.19. The molecule has 0 unspecified atom stereocenters. The molecule has 0 aliphatic rings. The Kier molecular flexibility index (Phi) is 6.73. The molecule has 0 spiro atoms. The molecule has 0 amide bonds. The van der Waals surface area contributed by atoms with Gasteiger partial charge in [-0.3, -0.25) is 0 Å². The molecule has 0 aliphatic carbocycles. The van der Waals surface area contributed by atoms with E-state index in [-0.39, 0.29) is 6.54 Å². The monoisotopic (exact) mass is 361 g/mol. The number of sulfonamides is 1. The maximum atomic E-state index is 11.9. The van der Waals surface area contributed by atoms with E-state index in [1.54, 1.807) is 24.3 Å². The lowest BCUT2D eigenvalue weighted by Crippen LogP contribution is -2.23. The van der Waals surface area contributed by atoms with Crippen LogP contribution in [0, 0.1) is 0 Å². The first-order chi connectivity index (χ1) is 11.9. The minimum Gasteiger partial charge on any atom is -0.482 e. The van der Waals surface area contributed by atoms with Gasteiger partial charge in [-0.1, -0.05) is 42.5 Å². The van der Waals surface area contributed by atoms with E-state index in [1.807, 2.05) is 30.3 Å². The van der Waals surface area contributed by atoms with Gasteiger partial charge in [0.1, 0.15) is 5.75 Å². The smallest absolute Gasteiger partial charge is 0.341 e. The van der Waals surface area contributed by atoms with Gasteiger partial charge in [0.15, 0.2) is 6.61 Å². The molecule has 2 aromatic rings. The summed E-state index contributed by atoms with van der Waals surface area (Å²) in [5.74, 6) is -0.584. The lowest BCUT2D eigenvalue weighted by atomic mass is 10.1. The number of aliphatic carboxylic acids is 1. The predicted molar refractivity (Wildman–Crippen MR) is 95.7 cm³/mol. The molecule has 0 fully saturated rings. The highest BCUT2D eigenvalue weighted by Gasteiger charge is 2.05. The first-order valence-corrected chi connectivity index (χ1v) is 9.15. The maximum absolute atomic E-state index is 11.9. The number of carbonyl (C=O) groups is 1. The van der Waals surface area contributed by atoms with Crippen LogP contribution in [0.4, 0.5) is 0 Å². The van der Waals surface area contributed by atoms with Gasteiger partial charge in [-0.25, -0.2) is 17.9 Å². The van der Waals surface area contributed by atoms with Crippen molar-refractivity contribution >= 4 is 22.1 Å². The Labute approximate surface area is 146 Å². The van der Waals surface area contributed by atoms with Gasteiger partial charge in [0.05, 0.1) is 0 Å². The Hall–Kier alpha value is -2.64. The second-order valence-corrected chi connectivity index (χ2v) is 6.88. The van der Waals surface area contributed by atoms with Crippen molar-refractivity contribution in [2.75, 3.05) is 13.2 Å². The third-order valence-corrected chi connectivity index (χ3v) is 4.34. The summed E-state index contributed by atoms with van der Waals surface area (Å²) >= 11 is 0. The van der Waals surface area contributed by atoms with Crippen LogP contribution in [0.3, 0.4) is 0 Å². The van der Waals surface area contributed by atoms with E-state index in [0.29, 0.717) is 12.2 Å². The fraction of sp³-hybridized carbons (Fsp3) is 0.167. The van der Waals surface area contributed by atoms with Crippen molar-refractivity contribution in [2.24, 2.45) is 0 Å². The molecule has 0 aliphatic heterocycles. The molecule has 2 N–H and O–H groups in total. The lowest BCUT2D eigenvalue weighted by Gasteiger charge is -2.06. The Balaban J connectivity index is 1.81. The lowest BCUT2D eigenvalue weighted by molar-refractivity contribution is -0.139. The number of carboxylic acid groups (broad SMARTS) is 1. The van der Waals surface area contributed by atoms with Crippen LogP contribution in [-0.2, 0) is 21.2 Å². The fourth-order valence-corrected chi connectivity index (χ4v) is 2.83. The highest BCUT2D eigenvalue weighted by Crippen LogP contribution is 2.12. The average Bonchev–Trinajstić information content (AvgIpc) is 2.60. The van der Waals surface area contributed by atoms with Crippen molar-refractivity contribution in [3.8, 4) is 5.75 Å². The molecule has 2 rings (SSSR count). The summed E-state index contributed by atoms with van der Waals surface area (Å²) in [5.41, 5.74) is 1.72. The van der Waals surface area contributed by atoms with Gasteiger partial charge < -0.3 is 9.84 Å². The number of hydrogen-bond donors (Lipinski definition) is 2. The average molecular weight is 361 g/mol. The number of benzene rings is 2. The zero-order valence-electron chi connectivity index (χ0n) is 13.5. The number of carboxylic acids is 1. The van der Waals surface area contributed by atoms with E-state index in [1.165, 1.54) is 6.08 Å². The minimum atomic E-state index is -3.50. The van der Waals surface area contributed by atoms with Gasteiger partial charge in [0, 0.05) is 12.0 Å². The first kappa shape index (κ1) is 18.7. The zero-order chi connectivity index (χ0) is 18.1. The summed E-state index contributed by atoms with van der Waals surface area (Å²) in [7, 11) is -3.50. The second kappa shape index (κ2) is 9.00. The van der Waals surface area contributed by atoms with Crippen molar-refractivity contribution in [3.63, 3.8) is 0 Å². The van der Waals surface area contributed by atoms with Gasteiger partial charge in [0.25, 0.3) is 0 Å². The van der Waals surface area contributed by atoms with Crippen molar-refractivity contribution in [1.82, 2.24) is 4.72 Å². The van der Waals surface area contributed by atoms with Crippen molar-refractivity contribution < 1.29 is 23.1 Å². The van der Waals surface area contributed by atoms with Gasteiger partial charge in [0.2, 0.25) is 10.0 Å². The molecule has 0 bridgehead atoms. The molecule has 0 saturated carbocycles. The number of nitrogens with one attached hydrogen (secondary N) is 1. The molecule has 132 valence electrons. The number of hydrogen-bond acceptors (Lipinski definition) is 4. The Morgan fingerprint density at radius 2 is 1.76 bits per heavy atom. The molecule has 7 heteroatoms. The van der Waals surface area contributed by atoms with Crippen molar-refractivity contribution in [2.45, 2.75) is 6.42 Å². The molecule has 0 radical (unpaired) electrons. The normalized spacial score (nSPS) is 11.5. The van der Waals surface area contributed by atoms with E-state index in [0.717, 1.165) is 16.5 Å². The summed E-state index contributed by atoms with van der Waals surface area (Å²) in [5, 5.41) is 9.69. The van der Waals surface area contributed by atoms with E-state index >= 15 is 0 Å². The van der Waals surface area contributed by atoms with E-state index in [2.05, 4.69) is 4.72 Å². The standard InChI is InChI=1S/C18H19NO5S/c20-18(21)14-24-17-8-6-16(7-9-17)10-12-19-25(22,23)13-11-15-4-2-1-3-5-15/h1-9,11,13,19H,10,12,14H2,(H,20,21)/b13-11+. The van der Waals surface area contributed by atoms with Crippen LogP contribution in [0.2, 0.25) is 0 Å². The SMILES string of the molecule is O=C(O)COc1ccc(CCNS(=O)(=O)/C=C/c2ccccc2)cc1. The van der Waals surface area contributed by atoms with Crippen LogP contribution >= 0.6 is 0 Å². The number of rotatable bonds is 9. The summed E-state index contributed by atoms with van der Waals surface area (Å²) in [4.78, 5) is 10.4. The zero-order valence-corrected chi connectivity index (χ0v) is 14.3. The van der Waals surface area contributed by atoms with Crippen LogP contribution in [-0.4, -0.2) is 32.6 Å². The molecule has 2 aromatic carbocycles. The molecule has 25 heavy (non-hydrogen) atoms. The Bertz CT molecular complexity index is 814. The molecule has 6 nitrogen and oxygen atoms in total. The molecular weight excluding hydrogens is 342 g/mol. The molecule has 0 saturated heterocycles. The van der Waals surface area contributed by atoms with E-state index in [4.69, 9.17) is 9.84 Å². The van der Waals surface area contributed by atoms with E-state index < -0.39 is 22.6 Å². The molecular formula is C18H19NO5S. The second-order valence-electron chi connectivity index (χ2n) is 5.23. The maximum Gasteiger partial charge on any atom is 0.341 e. The van der Waals surface area contributed by atoms with Gasteiger partial charge >= 0.3 is 5.97 Å². The molecule has 0 atom stereocenters. The largest absolute Gasteiger partial charge is 0.482 e. The van der Waals surface area contributed by atoms with Crippen LogP contribution < -0.4 is 9.46 Å². The summed E-state index contributed by atoms with van der Waals surface area (Å²) in [6.07, 6.45) is 2.05. The van der Waals surface area contributed by atoms with Gasteiger partial charge in [-0.15, -0.1) is 0 Å². The van der Waals surface area contributed by atoms with E-state index in [9.17, 15) is 13.2 Å². The Morgan fingerprint density at radius 3 is 2.40 bits per heavy atom. The van der Waals surface area contributed by atoms with Crippen molar-refractivity contribution in [3.05, 3.63) is 71.1 Å². The van der Waals surface area contributed by atoms with Crippen LogP contribution in [0.5, 0.6) is 5.75 Å². The summed E-state index contributed by atoms with van der Waals surface area (Å²) in [6, 6.07) is 16.0. The van der Waals surface area contributed by atoms with Crippen LogP contribution in [0.1, 0.15) is 11.1 Å². The first-order valence-electron chi connectivity index (χ1n) is 7.61. The van der Waals surface area contributed by atoms with Crippen LogP contribution in [0.15, 0.2) is 60.0 Å². The minimum absolute atomic E-state index is 0.261. The topological polar surface area (TPSA) is 92.7 Å².